The maximum absolute atomic E-state index is 9.44. The van der Waals surface area contributed by atoms with Gasteiger partial charge in [-0.3, -0.25) is 0 Å². The third-order valence-electron chi connectivity index (χ3n) is 4.37. The summed E-state index contributed by atoms with van der Waals surface area (Å²) in [6, 6.07) is 16.1. The molecule has 130 valence electrons. The lowest BCUT2D eigenvalue weighted by molar-refractivity contribution is 0.131. The van der Waals surface area contributed by atoms with E-state index in [1.165, 1.54) is 11.1 Å². The van der Waals surface area contributed by atoms with Gasteiger partial charge in [-0.05, 0) is 80.8 Å². The molecule has 0 aliphatic rings. The predicted octanol–water partition coefficient (Wildman–Crippen LogP) is 6.26. The molecule has 2 aromatic rings. The highest BCUT2D eigenvalue weighted by Gasteiger charge is 2.16. The van der Waals surface area contributed by atoms with Crippen molar-refractivity contribution < 1.29 is 9.84 Å². The SMILES string of the molecule is CCC(CC(C)c1ccc(O)cc1)c1ccc(OC(C)(C)C)cc1. The molecule has 24 heavy (non-hydrogen) atoms. The second-order valence-corrected chi connectivity index (χ2v) is 7.62. The number of benzene rings is 2. The largest absolute Gasteiger partial charge is 0.508 e. The van der Waals surface area contributed by atoms with Crippen LogP contribution in [0.25, 0.3) is 0 Å². The topological polar surface area (TPSA) is 29.5 Å². The quantitative estimate of drug-likeness (QED) is 0.679. The number of phenolic OH excluding ortho intramolecular Hbond substituents is 1. The van der Waals surface area contributed by atoms with Crippen molar-refractivity contribution in [1.82, 2.24) is 0 Å². The first-order valence-electron chi connectivity index (χ1n) is 8.86. The van der Waals surface area contributed by atoms with Crippen LogP contribution in [-0.2, 0) is 0 Å². The van der Waals surface area contributed by atoms with Gasteiger partial charge in [0.05, 0.1) is 0 Å². The molecule has 0 aliphatic carbocycles. The van der Waals surface area contributed by atoms with E-state index >= 15 is 0 Å². The van der Waals surface area contributed by atoms with Crippen molar-refractivity contribution in [1.29, 1.82) is 0 Å². The maximum Gasteiger partial charge on any atom is 0.120 e. The smallest absolute Gasteiger partial charge is 0.120 e. The zero-order valence-electron chi connectivity index (χ0n) is 15.5. The van der Waals surface area contributed by atoms with Gasteiger partial charge in [-0.2, -0.15) is 0 Å². The van der Waals surface area contributed by atoms with E-state index in [0.717, 1.165) is 18.6 Å². The van der Waals surface area contributed by atoms with Crippen molar-refractivity contribution in [2.75, 3.05) is 0 Å². The van der Waals surface area contributed by atoms with E-state index < -0.39 is 0 Å². The van der Waals surface area contributed by atoms with E-state index in [4.69, 9.17) is 4.74 Å². The van der Waals surface area contributed by atoms with Crippen LogP contribution in [-0.4, -0.2) is 10.7 Å². The van der Waals surface area contributed by atoms with Gasteiger partial charge >= 0.3 is 0 Å². The van der Waals surface area contributed by atoms with Gasteiger partial charge in [-0.1, -0.05) is 38.1 Å². The predicted molar refractivity (Wildman–Crippen MR) is 101 cm³/mol. The Morgan fingerprint density at radius 2 is 1.46 bits per heavy atom. The average molecular weight is 326 g/mol. The van der Waals surface area contributed by atoms with Gasteiger partial charge in [0.25, 0.3) is 0 Å². The molecule has 0 radical (unpaired) electrons. The summed E-state index contributed by atoms with van der Waals surface area (Å²) >= 11 is 0. The van der Waals surface area contributed by atoms with Crippen LogP contribution in [0.1, 0.15) is 70.4 Å². The molecule has 0 bridgehead atoms. The number of hydrogen-bond acceptors (Lipinski definition) is 2. The van der Waals surface area contributed by atoms with Gasteiger partial charge in [0.1, 0.15) is 17.1 Å². The van der Waals surface area contributed by atoms with Crippen molar-refractivity contribution in [3.8, 4) is 11.5 Å². The summed E-state index contributed by atoms with van der Waals surface area (Å²) in [5.74, 6) is 2.23. The van der Waals surface area contributed by atoms with E-state index in [9.17, 15) is 5.11 Å². The Morgan fingerprint density at radius 3 is 1.96 bits per heavy atom. The normalized spacial score (nSPS) is 14.2. The van der Waals surface area contributed by atoms with E-state index in [1.54, 1.807) is 12.1 Å². The summed E-state index contributed by atoms with van der Waals surface area (Å²) in [6.07, 6.45) is 2.21. The molecule has 0 heterocycles. The van der Waals surface area contributed by atoms with Crippen LogP contribution in [0, 0.1) is 0 Å². The minimum absolute atomic E-state index is 0.168. The maximum atomic E-state index is 9.44. The highest BCUT2D eigenvalue weighted by atomic mass is 16.5. The van der Waals surface area contributed by atoms with Crippen LogP contribution in [0.2, 0.25) is 0 Å². The summed E-state index contributed by atoms with van der Waals surface area (Å²) in [5.41, 5.74) is 2.47. The van der Waals surface area contributed by atoms with E-state index in [1.807, 2.05) is 12.1 Å². The van der Waals surface area contributed by atoms with Gasteiger partial charge in [0, 0.05) is 0 Å². The van der Waals surface area contributed by atoms with E-state index in [2.05, 4.69) is 58.9 Å². The number of phenols is 1. The second-order valence-electron chi connectivity index (χ2n) is 7.62. The van der Waals surface area contributed by atoms with Gasteiger partial charge in [-0.25, -0.2) is 0 Å². The molecule has 0 saturated heterocycles. The molecule has 0 aliphatic heterocycles. The van der Waals surface area contributed by atoms with Crippen molar-refractivity contribution in [3.05, 3.63) is 59.7 Å². The zero-order chi connectivity index (χ0) is 17.7. The summed E-state index contributed by atoms with van der Waals surface area (Å²) in [5, 5.41) is 9.44. The van der Waals surface area contributed by atoms with E-state index in [-0.39, 0.29) is 5.60 Å². The number of rotatable bonds is 6. The number of hydrogen-bond donors (Lipinski definition) is 1. The molecule has 0 fully saturated rings. The molecule has 2 atom stereocenters. The lowest BCUT2D eigenvalue weighted by Gasteiger charge is -2.23. The van der Waals surface area contributed by atoms with Crippen LogP contribution in [0.5, 0.6) is 11.5 Å². The van der Waals surface area contributed by atoms with Crippen molar-refractivity contribution in [3.63, 3.8) is 0 Å². The Morgan fingerprint density at radius 1 is 0.917 bits per heavy atom. The highest BCUT2D eigenvalue weighted by Crippen LogP contribution is 2.33. The van der Waals surface area contributed by atoms with Gasteiger partial charge in [0.2, 0.25) is 0 Å². The average Bonchev–Trinajstić information content (AvgIpc) is 2.52. The third kappa shape index (κ3) is 5.30. The molecule has 0 spiro atoms. The van der Waals surface area contributed by atoms with Crippen molar-refractivity contribution in [2.45, 2.75) is 64.9 Å². The van der Waals surface area contributed by atoms with Crippen molar-refractivity contribution >= 4 is 0 Å². The molecule has 2 aromatic carbocycles. The molecule has 0 amide bonds. The molecule has 2 unspecified atom stereocenters. The molecule has 2 nitrogen and oxygen atoms in total. The van der Waals surface area contributed by atoms with E-state index in [0.29, 0.717) is 17.6 Å². The fraction of sp³-hybridized carbons (Fsp3) is 0.455. The molecular formula is C22H30O2. The molecule has 2 rings (SSSR count). The first-order chi connectivity index (χ1) is 11.3. The summed E-state index contributed by atoms with van der Waals surface area (Å²) < 4.78 is 5.91. The number of ether oxygens (including phenoxy) is 1. The molecule has 0 aromatic heterocycles. The summed E-state index contributed by atoms with van der Waals surface area (Å²) in [4.78, 5) is 0. The Labute approximate surface area is 146 Å². The third-order valence-corrected chi connectivity index (χ3v) is 4.37. The minimum Gasteiger partial charge on any atom is -0.508 e. The molecule has 1 N–H and O–H groups in total. The summed E-state index contributed by atoms with van der Waals surface area (Å²) in [7, 11) is 0. The monoisotopic (exact) mass is 326 g/mol. The Kier molecular flexibility index (Phi) is 5.93. The van der Waals surface area contributed by atoms with Crippen LogP contribution in [0.3, 0.4) is 0 Å². The highest BCUT2D eigenvalue weighted by molar-refractivity contribution is 5.31. The second kappa shape index (κ2) is 7.74. The molecule has 2 heteroatoms. The number of aromatic hydroxyl groups is 1. The van der Waals surface area contributed by atoms with Gasteiger partial charge in [0.15, 0.2) is 0 Å². The standard InChI is InChI=1S/C22H30O2/c1-6-17(15-16(2)18-7-11-20(23)12-8-18)19-9-13-21(14-10-19)24-22(3,4)5/h7-14,16-17,23H,6,15H2,1-5H3. The molecule has 0 saturated carbocycles. The Bertz CT molecular complexity index is 621. The Hall–Kier alpha value is -1.96. The first kappa shape index (κ1) is 18.4. The fourth-order valence-electron chi connectivity index (χ4n) is 3.07. The fourth-order valence-corrected chi connectivity index (χ4v) is 3.07. The lowest BCUT2D eigenvalue weighted by Crippen LogP contribution is -2.22. The van der Waals surface area contributed by atoms with Crippen molar-refractivity contribution in [2.24, 2.45) is 0 Å². The van der Waals surface area contributed by atoms with Crippen LogP contribution >= 0.6 is 0 Å². The lowest BCUT2D eigenvalue weighted by atomic mass is 9.84. The Balaban J connectivity index is 2.06. The van der Waals surface area contributed by atoms with Gasteiger partial charge < -0.3 is 9.84 Å². The zero-order valence-corrected chi connectivity index (χ0v) is 15.5. The first-order valence-corrected chi connectivity index (χ1v) is 8.86. The van der Waals surface area contributed by atoms with Gasteiger partial charge in [-0.15, -0.1) is 0 Å². The molecular weight excluding hydrogens is 296 g/mol. The summed E-state index contributed by atoms with van der Waals surface area (Å²) in [6.45, 7) is 10.7. The minimum atomic E-state index is -0.168. The van der Waals surface area contributed by atoms with Crippen LogP contribution < -0.4 is 4.74 Å². The van der Waals surface area contributed by atoms with Crippen LogP contribution in [0.4, 0.5) is 0 Å². The van der Waals surface area contributed by atoms with Crippen LogP contribution in [0.15, 0.2) is 48.5 Å².